The van der Waals surface area contributed by atoms with Crippen molar-refractivity contribution in [3.8, 4) is 0 Å². The molecule has 5 aliphatic heterocycles. The number of ether oxygens (including phenoxy) is 10. The summed E-state index contributed by atoms with van der Waals surface area (Å²) < 4.78 is 59.0. The molecule has 26 heteroatoms. The van der Waals surface area contributed by atoms with Gasteiger partial charge in [-0.1, -0.05) is 60.1 Å². The highest BCUT2D eigenvalue weighted by Crippen LogP contribution is 2.76. The lowest BCUT2D eigenvalue weighted by molar-refractivity contribution is -0.361. The van der Waals surface area contributed by atoms with Gasteiger partial charge in [-0.25, -0.2) is 0 Å². The lowest BCUT2D eigenvalue weighted by Crippen LogP contribution is -2.66. The van der Waals surface area contributed by atoms with Crippen LogP contribution >= 0.6 is 0 Å². The molecule has 10 rings (SSSR count). The van der Waals surface area contributed by atoms with Crippen molar-refractivity contribution in [1.82, 2.24) is 0 Å². The summed E-state index contributed by atoms with van der Waals surface area (Å²) in [6.45, 7) is 15.0. The molecule has 15 N–H and O–H groups in total. The minimum absolute atomic E-state index is 0.156. The largest absolute Gasteiger partial charge is 0.432 e. The van der Waals surface area contributed by atoms with E-state index >= 15 is 4.79 Å². The van der Waals surface area contributed by atoms with Gasteiger partial charge in [0, 0.05) is 0 Å². The van der Waals surface area contributed by atoms with E-state index in [0.717, 1.165) is 25.7 Å². The fourth-order valence-electron chi connectivity index (χ4n) is 17.6. The van der Waals surface area contributed by atoms with Gasteiger partial charge in [0.15, 0.2) is 25.2 Å². The van der Waals surface area contributed by atoms with Crippen molar-refractivity contribution < 1.29 is 129 Å². The minimum atomic E-state index is -1.89. The molecule has 0 spiro atoms. The van der Waals surface area contributed by atoms with Gasteiger partial charge >= 0.3 is 5.97 Å². The number of rotatable bonds is 13. The first-order valence-corrected chi connectivity index (χ1v) is 30.6. The summed E-state index contributed by atoms with van der Waals surface area (Å²) >= 11 is 0. The zero-order chi connectivity index (χ0) is 62.0. The highest BCUT2D eigenvalue weighted by atomic mass is 16.8. The minimum Gasteiger partial charge on any atom is -0.432 e. The Morgan fingerprint density at radius 2 is 1.13 bits per heavy atom. The molecule has 4 unspecified atom stereocenters. The van der Waals surface area contributed by atoms with Crippen LogP contribution in [0.2, 0.25) is 0 Å². The van der Waals surface area contributed by atoms with Crippen molar-refractivity contribution in [2.24, 2.45) is 50.2 Å². The highest BCUT2D eigenvalue weighted by Gasteiger charge is 2.70. The molecule has 0 radical (unpaired) electrons. The predicted octanol–water partition coefficient (Wildman–Crippen LogP) is -2.54. The second kappa shape index (κ2) is 24.4. The van der Waals surface area contributed by atoms with Crippen LogP contribution < -0.4 is 0 Å². The van der Waals surface area contributed by atoms with Crippen molar-refractivity contribution in [2.45, 2.75) is 273 Å². The fraction of sp³-hybridized carbons (Fsp3) is 0.949. The van der Waals surface area contributed by atoms with E-state index in [1.54, 1.807) is 0 Å². The summed E-state index contributed by atoms with van der Waals surface area (Å²) in [5.41, 5.74) is -1.17. The Kier molecular flexibility index (Phi) is 19.0. The van der Waals surface area contributed by atoms with Crippen molar-refractivity contribution in [3.05, 3.63) is 11.6 Å². The van der Waals surface area contributed by atoms with Crippen molar-refractivity contribution in [1.29, 1.82) is 0 Å². The molecule has 5 saturated heterocycles. The smallest absolute Gasteiger partial charge is 0.315 e. The van der Waals surface area contributed by atoms with E-state index in [9.17, 15) is 76.6 Å². The van der Waals surface area contributed by atoms with E-state index in [2.05, 4.69) is 54.5 Å². The summed E-state index contributed by atoms with van der Waals surface area (Å²) in [6, 6.07) is 0. The number of hydrogen-bond acceptors (Lipinski definition) is 26. The summed E-state index contributed by atoms with van der Waals surface area (Å²) in [5.74, 6) is -0.482. The summed E-state index contributed by atoms with van der Waals surface area (Å²) in [6.07, 6.45) is -29.3. The lowest BCUT2D eigenvalue weighted by Gasteiger charge is -2.71. The van der Waals surface area contributed by atoms with Crippen LogP contribution in [0.25, 0.3) is 0 Å². The molecule has 0 aromatic rings. The van der Waals surface area contributed by atoms with Crippen molar-refractivity contribution >= 4 is 5.97 Å². The van der Waals surface area contributed by atoms with Crippen LogP contribution in [0.1, 0.15) is 120 Å². The molecule has 0 amide bonds. The Labute approximate surface area is 494 Å². The lowest BCUT2D eigenvalue weighted by atomic mass is 9.33. The number of aliphatic hydroxyl groups excluding tert-OH is 15. The number of carbonyl (C=O) groups is 1. The van der Waals surface area contributed by atoms with Gasteiger partial charge in [0.1, 0.15) is 110 Å². The van der Waals surface area contributed by atoms with Gasteiger partial charge in [-0.3, -0.25) is 4.79 Å². The molecule has 5 aliphatic carbocycles. The third-order valence-corrected chi connectivity index (χ3v) is 23.1. The van der Waals surface area contributed by atoms with Gasteiger partial charge in [0.25, 0.3) is 0 Å². The van der Waals surface area contributed by atoms with Crippen LogP contribution in [0.15, 0.2) is 11.6 Å². The highest BCUT2D eigenvalue weighted by molar-refractivity contribution is 5.79. The number of carbonyl (C=O) groups excluding carboxylic acids is 1. The first-order chi connectivity index (χ1) is 39.8. The Morgan fingerprint density at radius 1 is 0.553 bits per heavy atom. The Bertz CT molecular complexity index is 2360. The number of esters is 1. The molecular weight excluding hydrogens is 1120 g/mol. The van der Waals surface area contributed by atoms with Crippen molar-refractivity contribution in [3.63, 3.8) is 0 Å². The first-order valence-electron chi connectivity index (χ1n) is 30.6. The second-order valence-electron chi connectivity index (χ2n) is 28.7. The monoisotopic (exact) mass is 1220 g/mol. The Morgan fingerprint density at radius 3 is 1.80 bits per heavy atom. The normalized spacial score (nSPS) is 54.1. The molecule has 0 aromatic heterocycles. The second-order valence-corrected chi connectivity index (χ2v) is 28.7. The maximum absolute atomic E-state index is 15.2. The maximum atomic E-state index is 15.2. The maximum Gasteiger partial charge on any atom is 0.315 e. The van der Waals surface area contributed by atoms with Gasteiger partial charge in [0.05, 0.1) is 44.1 Å². The van der Waals surface area contributed by atoms with Crippen LogP contribution in [0.4, 0.5) is 0 Å². The Hall–Kier alpha value is -1.75. The number of allylic oxidation sites excluding steroid dienone is 2. The molecule has 32 atom stereocenters. The van der Waals surface area contributed by atoms with E-state index in [1.807, 2.05) is 0 Å². The van der Waals surface area contributed by atoms with Gasteiger partial charge in [0.2, 0.25) is 6.29 Å². The van der Waals surface area contributed by atoms with Gasteiger partial charge in [-0.05, 0) is 116 Å². The molecule has 9 fully saturated rings. The molecule has 0 aromatic carbocycles. The number of aliphatic hydroxyl groups is 15. The van der Waals surface area contributed by atoms with E-state index in [1.165, 1.54) is 12.5 Å². The van der Waals surface area contributed by atoms with Crippen LogP contribution in [-0.4, -0.2) is 263 Å². The Balaban J connectivity index is 0.812. The topological polar surface area (TPSA) is 413 Å². The third kappa shape index (κ3) is 11.2. The van der Waals surface area contributed by atoms with E-state index in [-0.39, 0.29) is 46.0 Å². The molecule has 488 valence electrons. The van der Waals surface area contributed by atoms with E-state index < -0.39 is 190 Å². The molecule has 26 nitrogen and oxygen atoms in total. The van der Waals surface area contributed by atoms with Crippen LogP contribution in [0.3, 0.4) is 0 Å². The molecule has 4 saturated carbocycles. The molecule has 10 aliphatic rings. The summed E-state index contributed by atoms with van der Waals surface area (Å²) in [4.78, 5) is 15.2. The van der Waals surface area contributed by atoms with E-state index in [4.69, 9.17) is 47.4 Å². The van der Waals surface area contributed by atoms with Crippen LogP contribution in [0, 0.1) is 50.2 Å². The quantitative estimate of drug-likeness (QED) is 0.0513. The number of hydrogen-bond donors (Lipinski definition) is 15. The average Bonchev–Trinajstić information content (AvgIpc) is 0.725. The third-order valence-electron chi connectivity index (χ3n) is 23.1. The van der Waals surface area contributed by atoms with E-state index in [0.29, 0.717) is 38.5 Å². The fourth-order valence-corrected chi connectivity index (χ4v) is 17.6. The summed E-state index contributed by atoms with van der Waals surface area (Å²) in [7, 11) is 0. The van der Waals surface area contributed by atoms with Crippen molar-refractivity contribution in [2.75, 3.05) is 26.4 Å². The molecular formula is C59H96O26. The number of fused-ring (bicyclic) bond motifs is 7. The summed E-state index contributed by atoms with van der Waals surface area (Å²) in [5, 5.41) is 161. The first kappa shape index (κ1) is 66.2. The average molecular weight is 1220 g/mol. The molecule has 85 heavy (non-hydrogen) atoms. The SMILES string of the molecule is C[C@H]1O[C@@H](O[C@H]2[C@@H](O)[C@@H](O)[C@H](OC[C@H]3O[C@@H](OC(=O)[C@]45CCC(C)(C)CC4C4=CCC6[C@@]7(C)CC[C@H](O[C@@H]8OC[C@H](O)[C@@H](O[C@@H]9O[C@H](CO)[C@@H](O)[C@H](O)[C@H]9O)[C@H]8O)C(C)(C)C7CC[C@@]6(C)C4(C)CC5)[C@H](O)[C@H](O)[C@@H]3O)O[C@@H]2CO)[C@H](O)[C@H](O)[C@H]1O. The zero-order valence-corrected chi connectivity index (χ0v) is 49.8. The van der Waals surface area contributed by atoms with Gasteiger partial charge in [-0.2, -0.15) is 0 Å². The predicted molar refractivity (Wildman–Crippen MR) is 288 cm³/mol. The van der Waals surface area contributed by atoms with Gasteiger partial charge in [-0.15, -0.1) is 0 Å². The van der Waals surface area contributed by atoms with Crippen LogP contribution in [0.5, 0.6) is 0 Å². The molecule has 5 heterocycles. The zero-order valence-electron chi connectivity index (χ0n) is 49.8. The standard InChI is InChI=1S/C59H96O26/c1-24-34(63)37(66)41(70)50(78-24)84-47-29(21-61)80-48(44(73)40(47)69)77-23-30-36(65)39(68)43(72)52(81-30)85-53(75)59-17-15-54(2,3)19-26(59)25-9-10-32-56(6)13-12-33(55(4,5)31(56)11-14-58(32,8)57(25,7)16-18-59)82-49-45(74)46(27(62)22-76-49)83-51-42(71)38(67)35(64)28(20-60)79-51/h9,24,26-52,60-74H,10-23H2,1-8H3/t24-,26?,27+,28-,29-,30-,31?,32?,33+,34+,35-,36-,37-,38+,39-,40+,41-,42-,43-,44-,45-,46-,47-,48-,49+,50+,51+,52+,56+,57?,58-,59+/m1/s1. The van der Waals surface area contributed by atoms with Crippen LogP contribution in [-0.2, 0) is 52.2 Å². The van der Waals surface area contributed by atoms with Gasteiger partial charge < -0.3 is 124 Å². The molecule has 0 bridgehead atoms.